The van der Waals surface area contributed by atoms with Crippen molar-refractivity contribution in [3.8, 4) is 0 Å². The molecule has 0 spiro atoms. The van der Waals surface area contributed by atoms with E-state index in [1.807, 2.05) is 12.1 Å². The van der Waals surface area contributed by atoms with Gasteiger partial charge in [0.15, 0.2) is 0 Å². The predicted molar refractivity (Wildman–Crippen MR) is 106 cm³/mol. The lowest BCUT2D eigenvalue weighted by atomic mass is 10.0. The second-order valence-electron chi connectivity index (χ2n) is 5.21. The van der Waals surface area contributed by atoms with Crippen molar-refractivity contribution in [1.82, 2.24) is 9.97 Å². The van der Waals surface area contributed by atoms with Crippen molar-refractivity contribution in [3.05, 3.63) is 87.4 Å². The molecule has 0 aliphatic rings. The highest BCUT2D eigenvalue weighted by molar-refractivity contribution is 9.10. The van der Waals surface area contributed by atoms with Gasteiger partial charge in [-0.05, 0) is 70.0 Å². The molecule has 0 saturated heterocycles. The highest BCUT2D eigenvalue weighted by Gasteiger charge is 2.20. The van der Waals surface area contributed by atoms with E-state index in [4.69, 9.17) is 11.6 Å². The standard InChI is InChI=1S/C18H13BrClN3OS/c19-15-10-11(7-9-21-15)17(25)16-14(2-1-8-22-16)18(24)23-13-5-3-12(20)4-6-13/h1-10,17,25H,(H,23,24). The second-order valence-corrected chi connectivity index (χ2v) is 6.98. The van der Waals surface area contributed by atoms with Crippen molar-refractivity contribution in [2.24, 2.45) is 0 Å². The number of nitrogens with one attached hydrogen (secondary N) is 1. The van der Waals surface area contributed by atoms with Crippen LogP contribution in [0.25, 0.3) is 0 Å². The summed E-state index contributed by atoms with van der Waals surface area (Å²) < 4.78 is 0.701. The van der Waals surface area contributed by atoms with Crippen LogP contribution in [-0.2, 0) is 0 Å². The number of carbonyl (C=O) groups is 1. The van der Waals surface area contributed by atoms with E-state index >= 15 is 0 Å². The molecule has 3 aromatic rings. The van der Waals surface area contributed by atoms with E-state index in [1.54, 1.807) is 48.8 Å². The zero-order valence-electron chi connectivity index (χ0n) is 12.9. The summed E-state index contributed by atoms with van der Waals surface area (Å²) >= 11 is 13.9. The molecule has 0 radical (unpaired) electrons. The first-order valence-electron chi connectivity index (χ1n) is 7.36. The molecule has 1 unspecified atom stereocenters. The zero-order chi connectivity index (χ0) is 17.8. The molecule has 0 saturated carbocycles. The van der Waals surface area contributed by atoms with Gasteiger partial charge in [0, 0.05) is 23.1 Å². The fourth-order valence-electron chi connectivity index (χ4n) is 2.30. The third kappa shape index (κ3) is 4.39. The van der Waals surface area contributed by atoms with Crippen LogP contribution in [0.4, 0.5) is 5.69 Å². The van der Waals surface area contributed by atoms with Gasteiger partial charge >= 0.3 is 0 Å². The van der Waals surface area contributed by atoms with Gasteiger partial charge < -0.3 is 5.32 Å². The SMILES string of the molecule is O=C(Nc1ccc(Cl)cc1)c1cccnc1C(S)c1ccnc(Br)c1. The first-order chi connectivity index (χ1) is 12.0. The van der Waals surface area contributed by atoms with Crippen LogP contribution >= 0.6 is 40.2 Å². The van der Waals surface area contributed by atoms with Crippen molar-refractivity contribution in [2.75, 3.05) is 5.32 Å². The minimum Gasteiger partial charge on any atom is -0.322 e. The van der Waals surface area contributed by atoms with Gasteiger partial charge in [0.25, 0.3) is 5.91 Å². The number of halogens is 2. The topological polar surface area (TPSA) is 54.9 Å². The van der Waals surface area contributed by atoms with Crippen LogP contribution in [0.2, 0.25) is 5.02 Å². The summed E-state index contributed by atoms with van der Waals surface area (Å²) in [4.78, 5) is 21.2. The van der Waals surface area contributed by atoms with E-state index in [0.717, 1.165) is 5.56 Å². The lowest BCUT2D eigenvalue weighted by Crippen LogP contribution is -2.16. The third-order valence-electron chi connectivity index (χ3n) is 3.51. The van der Waals surface area contributed by atoms with Gasteiger partial charge in [-0.1, -0.05) is 11.6 Å². The molecular formula is C18H13BrClN3OS. The fraction of sp³-hybridized carbons (Fsp3) is 0.0556. The number of amides is 1. The highest BCUT2D eigenvalue weighted by atomic mass is 79.9. The molecule has 0 fully saturated rings. The van der Waals surface area contributed by atoms with Crippen LogP contribution in [0.3, 0.4) is 0 Å². The summed E-state index contributed by atoms with van der Waals surface area (Å²) in [6.07, 6.45) is 3.33. The average molecular weight is 435 g/mol. The van der Waals surface area contributed by atoms with Crippen LogP contribution in [0.15, 0.2) is 65.5 Å². The molecule has 3 rings (SSSR count). The molecule has 4 nitrogen and oxygen atoms in total. The van der Waals surface area contributed by atoms with Crippen LogP contribution in [0, 0.1) is 0 Å². The number of aromatic nitrogens is 2. The maximum Gasteiger partial charge on any atom is 0.257 e. The molecule has 25 heavy (non-hydrogen) atoms. The zero-order valence-corrected chi connectivity index (χ0v) is 16.1. The van der Waals surface area contributed by atoms with Crippen molar-refractivity contribution >= 4 is 51.8 Å². The summed E-state index contributed by atoms with van der Waals surface area (Å²) in [5.74, 6) is -0.252. The van der Waals surface area contributed by atoms with Gasteiger partial charge in [-0.25, -0.2) is 4.98 Å². The average Bonchev–Trinajstić information content (AvgIpc) is 2.63. The molecule has 1 aromatic carbocycles. The molecule has 1 atom stereocenters. The molecule has 2 aromatic heterocycles. The van der Waals surface area contributed by atoms with Crippen LogP contribution in [0.1, 0.15) is 26.9 Å². The normalized spacial score (nSPS) is 11.8. The Balaban J connectivity index is 1.90. The number of carbonyl (C=O) groups excluding carboxylic acids is 1. The van der Waals surface area contributed by atoms with Gasteiger partial charge in [0.05, 0.1) is 16.5 Å². The first kappa shape index (κ1) is 17.9. The van der Waals surface area contributed by atoms with E-state index < -0.39 is 0 Å². The quantitative estimate of drug-likeness (QED) is 0.440. The molecule has 0 aliphatic heterocycles. The smallest absolute Gasteiger partial charge is 0.257 e. The van der Waals surface area contributed by atoms with Crippen molar-refractivity contribution in [1.29, 1.82) is 0 Å². The lowest BCUT2D eigenvalue weighted by molar-refractivity contribution is 0.102. The number of hydrogen-bond donors (Lipinski definition) is 2. The predicted octanol–water partition coefficient (Wildman–Crippen LogP) is 5.16. The fourth-order valence-corrected chi connectivity index (χ4v) is 3.18. The number of rotatable bonds is 4. The van der Waals surface area contributed by atoms with Gasteiger partial charge in [-0.15, -0.1) is 0 Å². The van der Waals surface area contributed by atoms with Gasteiger partial charge in [0.2, 0.25) is 0 Å². The summed E-state index contributed by atoms with van der Waals surface area (Å²) in [6.45, 7) is 0. The molecule has 1 N–H and O–H groups in total. The van der Waals surface area contributed by atoms with Crippen molar-refractivity contribution in [3.63, 3.8) is 0 Å². The Morgan fingerprint density at radius 2 is 1.88 bits per heavy atom. The molecule has 2 heterocycles. The molecule has 0 aliphatic carbocycles. The van der Waals surface area contributed by atoms with Crippen LogP contribution < -0.4 is 5.32 Å². The number of pyridine rings is 2. The maximum absolute atomic E-state index is 12.7. The summed E-state index contributed by atoms with van der Waals surface area (Å²) in [6, 6.07) is 14.1. The van der Waals surface area contributed by atoms with Gasteiger partial charge in [-0.2, -0.15) is 12.6 Å². The number of thiol groups is 1. The number of anilines is 1. The molecule has 126 valence electrons. The van der Waals surface area contributed by atoms with Gasteiger partial charge in [0.1, 0.15) is 4.60 Å². The molecular weight excluding hydrogens is 422 g/mol. The van der Waals surface area contributed by atoms with E-state index in [-0.39, 0.29) is 11.2 Å². The largest absolute Gasteiger partial charge is 0.322 e. The Morgan fingerprint density at radius 1 is 1.12 bits per heavy atom. The Morgan fingerprint density at radius 3 is 2.60 bits per heavy atom. The van der Waals surface area contributed by atoms with E-state index in [9.17, 15) is 4.79 Å². The van der Waals surface area contributed by atoms with Gasteiger partial charge in [-0.3, -0.25) is 9.78 Å². The van der Waals surface area contributed by atoms with Crippen molar-refractivity contribution < 1.29 is 4.79 Å². The highest BCUT2D eigenvalue weighted by Crippen LogP contribution is 2.30. The lowest BCUT2D eigenvalue weighted by Gasteiger charge is -2.15. The minimum absolute atomic E-state index is 0.252. The van der Waals surface area contributed by atoms with E-state index in [2.05, 4.69) is 43.8 Å². The van der Waals surface area contributed by atoms with E-state index in [0.29, 0.717) is 26.6 Å². The first-order valence-corrected chi connectivity index (χ1v) is 9.04. The molecule has 0 bridgehead atoms. The molecule has 1 amide bonds. The summed E-state index contributed by atoms with van der Waals surface area (Å²) in [7, 11) is 0. The minimum atomic E-state index is -0.355. The maximum atomic E-state index is 12.7. The van der Waals surface area contributed by atoms with Crippen LogP contribution in [-0.4, -0.2) is 15.9 Å². The van der Waals surface area contributed by atoms with E-state index in [1.165, 1.54) is 0 Å². The Bertz CT molecular complexity index is 905. The third-order valence-corrected chi connectivity index (χ3v) is 4.74. The monoisotopic (exact) mass is 433 g/mol. The Hall–Kier alpha value is -1.89. The number of hydrogen-bond acceptors (Lipinski definition) is 4. The number of benzene rings is 1. The summed E-state index contributed by atoms with van der Waals surface area (Å²) in [5.41, 5.74) is 2.59. The van der Waals surface area contributed by atoms with Crippen molar-refractivity contribution in [2.45, 2.75) is 5.25 Å². The number of nitrogens with zero attached hydrogens (tertiary/aromatic N) is 2. The molecule has 7 heteroatoms. The Labute approximate surface area is 164 Å². The summed E-state index contributed by atoms with van der Waals surface area (Å²) in [5, 5.41) is 3.11. The second kappa shape index (κ2) is 7.99. The Kier molecular flexibility index (Phi) is 5.73. The van der Waals surface area contributed by atoms with Crippen LogP contribution in [0.5, 0.6) is 0 Å².